The Kier molecular flexibility index (Phi) is 5.05. The summed E-state index contributed by atoms with van der Waals surface area (Å²) in [6, 6.07) is 11.6. The van der Waals surface area contributed by atoms with Crippen LogP contribution in [0.15, 0.2) is 53.3 Å². The molecule has 2 aromatic heterocycles. The van der Waals surface area contributed by atoms with E-state index in [1.807, 2.05) is 49.1 Å². The summed E-state index contributed by atoms with van der Waals surface area (Å²) in [6.45, 7) is 6.68. The molecule has 0 spiro atoms. The normalized spacial score (nSPS) is 16.0. The molecule has 5 rings (SSSR count). The van der Waals surface area contributed by atoms with Gasteiger partial charge in [0.1, 0.15) is 6.04 Å². The van der Waals surface area contributed by atoms with Gasteiger partial charge in [-0.05, 0) is 51.3 Å². The maximum atomic E-state index is 13.6. The number of aromatic nitrogens is 5. The number of rotatable bonds is 4. The van der Waals surface area contributed by atoms with Gasteiger partial charge in [-0.15, -0.1) is 0 Å². The summed E-state index contributed by atoms with van der Waals surface area (Å²) in [7, 11) is 0. The second-order valence-electron chi connectivity index (χ2n) is 8.27. The van der Waals surface area contributed by atoms with E-state index in [0.717, 1.165) is 29.5 Å². The molecule has 0 saturated carbocycles. The molecule has 162 valence electrons. The van der Waals surface area contributed by atoms with E-state index in [-0.39, 0.29) is 11.9 Å². The molecule has 8 nitrogen and oxygen atoms in total. The summed E-state index contributed by atoms with van der Waals surface area (Å²) in [5.74, 6) is 0.931. The fraction of sp³-hybridized carbons (Fsp3) is 0.292. The van der Waals surface area contributed by atoms with Crippen molar-refractivity contribution >= 4 is 5.91 Å². The zero-order valence-electron chi connectivity index (χ0n) is 18.3. The number of hydrogen-bond acceptors (Lipinski definition) is 6. The number of nitrogens with zero attached hydrogens (tertiary/aromatic N) is 6. The molecule has 4 aromatic rings. The predicted octanol–water partition coefficient (Wildman–Crippen LogP) is 4.22. The molecule has 8 heteroatoms. The number of hydrogen-bond donors (Lipinski definition) is 0. The van der Waals surface area contributed by atoms with E-state index >= 15 is 0 Å². The minimum atomic E-state index is -0.256. The maximum absolute atomic E-state index is 13.6. The van der Waals surface area contributed by atoms with Crippen LogP contribution in [-0.2, 0) is 0 Å². The molecule has 1 fully saturated rings. The van der Waals surface area contributed by atoms with Crippen molar-refractivity contribution < 1.29 is 9.32 Å². The maximum Gasteiger partial charge on any atom is 0.256 e. The lowest BCUT2D eigenvalue weighted by molar-refractivity contribution is 0.0709. The van der Waals surface area contributed by atoms with E-state index in [9.17, 15) is 4.79 Å². The van der Waals surface area contributed by atoms with Crippen molar-refractivity contribution in [3.05, 3.63) is 76.9 Å². The lowest BCUT2D eigenvalue weighted by Gasteiger charge is -2.23. The number of carbonyl (C=O) groups excluding carboxylic acids is 1. The van der Waals surface area contributed by atoms with Crippen LogP contribution in [0.1, 0.15) is 51.8 Å². The zero-order chi connectivity index (χ0) is 22.2. The number of benzene rings is 2. The Labute approximate surface area is 185 Å². The van der Waals surface area contributed by atoms with Crippen molar-refractivity contribution in [3.8, 4) is 17.1 Å². The molecular formula is C24H24N6O2. The first kappa shape index (κ1) is 20.1. The van der Waals surface area contributed by atoms with Gasteiger partial charge in [-0.2, -0.15) is 20.0 Å². The van der Waals surface area contributed by atoms with E-state index in [4.69, 9.17) is 4.52 Å². The highest BCUT2D eigenvalue weighted by atomic mass is 16.5. The van der Waals surface area contributed by atoms with E-state index < -0.39 is 0 Å². The average Bonchev–Trinajstić information content (AvgIpc) is 3.54. The van der Waals surface area contributed by atoms with E-state index in [2.05, 4.69) is 33.3 Å². The standard InChI is InChI=1S/C24H24N6O2/c1-15-6-8-18(17(3)13-15)22-27-23(32-28-22)21-5-4-12-29(21)24(31)19-14-16(2)7-9-20(19)30-25-10-11-26-30/h6-11,13-14,21H,4-5,12H2,1-3H3. The molecule has 0 radical (unpaired) electrons. The highest BCUT2D eigenvalue weighted by molar-refractivity contribution is 5.98. The molecule has 0 aliphatic carbocycles. The summed E-state index contributed by atoms with van der Waals surface area (Å²) in [6.07, 6.45) is 4.85. The van der Waals surface area contributed by atoms with Gasteiger partial charge in [-0.1, -0.05) is 40.5 Å². The Morgan fingerprint density at radius 3 is 2.56 bits per heavy atom. The van der Waals surface area contributed by atoms with Crippen molar-refractivity contribution in [1.82, 2.24) is 30.0 Å². The van der Waals surface area contributed by atoms with Gasteiger partial charge in [0.15, 0.2) is 0 Å². The molecule has 1 unspecified atom stereocenters. The second kappa shape index (κ2) is 8.03. The molecule has 1 atom stereocenters. The van der Waals surface area contributed by atoms with Crippen LogP contribution in [0.25, 0.3) is 17.1 Å². The molecule has 1 amide bonds. The molecule has 3 heterocycles. The number of aryl methyl sites for hydroxylation is 3. The smallest absolute Gasteiger partial charge is 0.256 e. The van der Waals surface area contributed by atoms with Gasteiger partial charge in [-0.25, -0.2) is 0 Å². The third-order valence-electron chi connectivity index (χ3n) is 5.88. The molecule has 0 N–H and O–H groups in total. The summed E-state index contributed by atoms with van der Waals surface area (Å²) in [5.41, 5.74) is 5.41. The Morgan fingerprint density at radius 1 is 1.03 bits per heavy atom. The third-order valence-corrected chi connectivity index (χ3v) is 5.88. The summed E-state index contributed by atoms with van der Waals surface area (Å²) in [5, 5.41) is 12.6. The van der Waals surface area contributed by atoms with Crippen LogP contribution in [0.3, 0.4) is 0 Å². The van der Waals surface area contributed by atoms with E-state index in [1.54, 1.807) is 12.4 Å². The minimum absolute atomic E-state index is 0.0882. The van der Waals surface area contributed by atoms with Gasteiger partial charge in [0.05, 0.1) is 23.6 Å². The Hall–Kier alpha value is -3.81. The largest absolute Gasteiger partial charge is 0.337 e. The van der Waals surface area contributed by atoms with E-state index in [1.165, 1.54) is 10.4 Å². The van der Waals surface area contributed by atoms with E-state index in [0.29, 0.717) is 29.5 Å². The molecule has 1 saturated heterocycles. The van der Waals surface area contributed by atoms with Crippen molar-refractivity contribution in [1.29, 1.82) is 0 Å². The van der Waals surface area contributed by atoms with Gasteiger partial charge in [-0.3, -0.25) is 4.79 Å². The van der Waals surface area contributed by atoms with Crippen LogP contribution in [0, 0.1) is 20.8 Å². The topological polar surface area (TPSA) is 89.9 Å². The first-order chi connectivity index (χ1) is 15.5. The number of likely N-dealkylation sites (tertiary alicyclic amines) is 1. The van der Waals surface area contributed by atoms with Crippen molar-refractivity contribution in [2.24, 2.45) is 0 Å². The number of carbonyl (C=O) groups is 1. The Balaban J connectivity index is 1.47. The van der Waals surface area contributed by atoms with Crippen molar-refractivity contribution in [2.45, 2.75) is 39.7 Å². The van der Waals surface area contributed by atoms with Crippen LogP contribution in [-0.4, -0.2) is 42.5 Å². The first-order valence-electron chi connectivity index (χ1n) is 10.7. The van der Waals surface area contributed by atoms with Crippen LogP contribution in [0.5, 0.6) is 0 Å². The zero-order valence-corrected chi connectivity index (χ0v) is 18.3. The van der Waals surface area contributed by atoms with Gasteiger partial charge in [0.25, 0.3) is 5.91 Å². The summed E-state index contributed by atoms with van der Waals surface area (Å²) in [4.78, 5) is 21.6. The quantitative estimate of drug-likeness (QED) is 0.483. The first-order valence-corrected chi connectivity index (χ1v) is 10.7. The highest BCUT2D eigenvalue weighted by Crippen LogP contribution is 2.34. The van der Waals surface area contributed by atoms with Crippen LogP contribution in [0.2, 0.25) is 0 Å². The molecule has 2 aromatic carbocycles. The van der Waals surface area contributed by atoms with Crippen LogP contribution < -0.4 is 0 Å². The minimum Gasteiger partial charge on any atom is -0.337 e. The van der Waals surface area contributed by atoms with Crippen molar-refractivity contribution in [2.75, 3.05) is 6.54 Å². The third kappa shape index (κ3) is 3.57. The van der Waals surface area contributed by atoms with Crippen molar-refractivity contribution in [3.63, 3.8) is 0 Å². The van der Waals surface area contributed by atoms with Gasteiger partial charge in [0.2, 0.25) is 11.7 Å². The molecule has 1 aliphatic rings. The number of amides is 1. The SMILES string of the molecule is Cc1ccc(-c2noc(C3CCCN3C(=O)c3cc(C)ccc3-n3nccn3)n2)c(C)c1. The molecular weight excluding hydrogens is 404 g/mol. The Bertz CT molecular complexity index is 1280. The Morgan fingerprint density at radius 2 is 1.78 bits per heavy atom. The highest BCUT2D eigenvalue weighted by Gasteiger charge is 2.35. The molecule has 1 aliphatic heterocycles. The molecule has 32 heavy (non-hydrogen) atoms. The fourth-order valence-corrected chi connectivity index (χ4v) is 4.30. The predicted molar refractivity (Wildman–Crippen MR) is 118 cm³/mol. The average molecular weight is 428 g/mol. The van der Waals surface area contributed by atoms with Gasteiger partial charge in [0, 0.05) is 12.1 Å². The van der Waals surface area contributed by atoms with Gasteiger partial charge < -0.3 is 9.42 Å². The lowest BCUT2D eigenvalue weighted by Crippen LogP contribution is -2.31. The lowest BCUT2D eigenvalue weighted by atomic mass is 10.1. The summed E-state index contributed by atoms with van der Waals surface area (Å²) >= 11 is 0. The fourth-order valence-electron chi connectivity index (χ4n) is 4.30. The summed E-state index contributed by atoms with van der Waals surface area (Å²) < 4.78 is 5.65. The van der Waals surface area contributed by atoms with Crippen LogP contribution >= 0.6 is 0 Å². The van der Waals surface area contributed by atoms with Gasteiger partial charge >= 0.3 is 0 Å². The second-order valence-corrected chi connectivity index (χ2v) is 8.27. The molecule has 0 bridgehead atoms. The monoisotopic (exact) mass is 428 g/mol. The van der Waals surface area contributed by atoms with Crippen LogP contribution in [0.4, 0.5) is 0 Å².